The number of morpholine rings is 1. The van der Waals surface area contributed by atoms with Crippen LogP contribution in [0.5, 0.6) is 5.75 Å². The van der Waals surface area contributed by atoms with E-state index in [4.69, 9.17) is 15.2 Å². The number of hydrogen-bond acceptors (Lipinski definition) is 5. The molecular formula is C17H25N3O3. The maximum absolute atomic E-state index is 11.8. The molecule has 0 spiro atoms. The Balaban J connectivity index is 1.42. The largest absolute Gasteiger partial charge is 0.492 e. The summed E-state index contributed by atoms with van der Waals surface area (Å²) in [6.07, 6.45) is 1.56. The third kappa shape index (κ3) is 4.67. The molecule has 3 rings (SSSR count). The highest BCUT2D eigenvalue weighted by Crippen LogP contribution is 2.32. The molecule has 23 heavy (non-hydrogen) atoms. The van der Waals surface area contributed by atoms with Gasteiger partial charge in [-0.05, 0) is 30.5 Å². The molecule has 1 aliphatic carbocycles. The average molecular weight is 319 g/mol. The molecule has 126 valence electrons. The zero-order valence-electron chi connectivity index (χ0n) is 13.4. The van der Waals surface area contributed by atoms with Gasteiger partial charge in [0, 0.05) is 26.2 Å². The number of rotatable bonds is 7. The molecule has 6 heteroatoms. The van der Waals surface area contributed by atoms with Gasteiger partial charge in [0.15, 0.2) is 0 Å². The topological polar surface area (TPSA) is 76.8 Å². The Hall–Kier alpha value is -1.63. The molecule has 1 amide bonds. The summed E-state index contributed by atoms with van der Waals surface area (Å²) in [4.78, 5) is 14.2. The summed E-state index contributed by atoms with van der Waals surface area (Å²) < 4.78 is 11.1. The number of hydrogen-bond donors (Lipinski definition) is 2. The molecular weight excluding hydrogens is 294 g/mol. The molecule has 0 unspecified atom stereocenters. The summed E-state index contributed by atoms with van der Waals surface area (Å²) in [6.45, 7) is 5.59. The van der Waals surface area contributed by atoms with Gasteiger partial charge < -0.3 is 20.5 Å². The highest BCUT2D eigenvalue weighted by Gasteiger charge is 2.45. The first-order chi connectivity index (χ1) is 11.2. The van der Waals surface area contributed by atoms with E-state index in [1.807, 2.05) is 24.3 Å². The van der Waals surface area contributed by atoms with Crippen LogP contribution in [0.15, 0.2) is 24.3 Å². The van der Waals surface area contributed by atoms with Crippen LogP contribution in [0.1, 0.15) is 18.4 Å². The number of nitrogens with zero attached hydrogens (tertiary/aromatic N) is 1. The van der Waals surface area contributed by atoms with Crippen LogP contribution in [0, 0.1) is 0 Å². The van der Waals surface area contributed by atoms with Crippen LogP contribution in [0.4, 0.5) is 0 Å². The molecule has 0 bridgehead atoms. The molecule has 1 aromatic carbocycles. The van der Waals surface area contributed by atoms with Gasteiger partial charge in [-0.15, -0.1) is 0 Å². The fraction of sp³-hybridized carbons (Fsp3) is 0.588. The zero-order valence-corrected chi connectivity index (χ0v) is 13.4. The summed E-state index contributed by atoms with van der Waals surface area (Å²) in [5, 5.41) is 2.89. The summed E-state index contributed by atoms with van der Waals surface area (Å²) in [6, 6.07) is 7.83. The van der Waals surface area contributed by atoms with Crippen LogP contribution in [0.25, 0.3) is 0 Å². The molecule has 1 aromatic rings. The van der Waals surface area contributed by atoms with Crippen LogP contribution < -0.4 is 15.8 Å². The summed E-state index contributed by atoms with van der Waals surface area (Å²) in [7, 11) is 0. The van der Waals surface area contributed by atoms with Gasteiger partial charge in [0.1, 0.15) is 12.4 Å². The predicted octanol–water partition coefficient (Wildman–Crippen LogP) is 0.505. The summed E-state index contributed by atoms with van der Waals surface area (Å²) in [5.74, 6) is 0.773. The first-order valence-electron chi connectivity index (χ1n) is 8.25. The number of amides is 1. The second-order valence-electron chi connectivity index (χ2n) is 6.29. The van der Waals surface area contributed by atoms with E-state index in [2.05, 4.69) is 10.2 Å². The van der Waals surface area contributed by atoms with Gasteiger partial charge in [-0.25, -0.2) is 0 Å². The van der Waals surface area contributed by atoms with Crippen molar-refractivity contribution in [3.8, 4) is 5.75 Å². The van der Waals surface area contributed by atoms with Crippen molar-refractivity contribution in [1.82, 2.24) is 10.2 Å². The van der Waals surface area contributed by atoms with Crippen molar-refractivity contribution in [3.05, 3.63) is 29.8 Å². The Bertz CT molecular complexity index is 540. The average Bonchev–Trinajstić information content (AvgIpc) is 3.33. The molecule has 0 atom stereocenters. The van der Waals surface area contributed by atoms with Gasteiger partial charge in [0.05, 0.1) is 18.8 Å². The molecule has 1 saturated carbocycles. The van der Waals surface area contributed by atoms with Gasteiger partial charge in [-0.2, -0.15) is 0 Å². The van der Waals surface area contributed by atoms with E-state index in [1.54, 1.807) is 0 Å². The number of benzene rings is 1. The standard InChI is InChI=1S/C17H25N3O3/c18-17(4-5-17)16(21)19-13-14-2-1-3-15(12-14)23-11-8-20-6-9-22-10-7-20/h1-3,12H,4-11,13,18H2,(H,19,21). The molecule has 2 fully saturated rings. The first kappa shape index (κ1) is 16.2. The fourth-order valence-corrected chi connectivity index (χ4v) is 2.58. The Labute approximate surface area is 136 Å². The van der Waals surface area contributed by atoms with Crippen LogP contribution in [-0.4, -0.2) is 55.8 Å². The Morgan fingerprint density at radius 3 is 2.87 bits per heavy atom. The minimum atomic E-state index is -0.619. The maximum atomic E-state index is 11.8. The van der Waals surface area contributed by atoms with E-state index in [-0.39, 0.29) is 5.91 Å². The van der Waals surface area contributed by atoms with Crippen molar-refractivity contribution < 1.29 is 14.3 Å². The molecule has 2 aliphatic rings. The zero-order chi connectivity index (χ0) is 16.1. The molecule has 1 aliphatic heterocycles. The second-order valence-corrected chi connectivity index (χ2v) is 6.29. The van der Waals surface area contributed by atoms with Crippen LogP contribution in [0.3, 0.4) is 0 Å². The lowest BCUT2D eigenvalue weighted by Gasteiger charge is -2.26. The van der Waals surface area contributed by atoms with Crippen molar-refractivity contribution in [3.63, 3.8) is 0 Å². The van der Waals surface area contributed by atoms with E-state index in [1.165, 1.54) is 0 Å². The molecule has 0 aromatic heterocycles. The highest BCUT2D eigenvalue weighted by atomic mass is 16.5. The van der Waals surface area contributed by atoms with Gasteiger partial charge >= 0.3 is 0 Å². The monoisotopic (exact) mass is 319 g/mol. The third-order valence-corrected chi connectivity index (χ3v) is 4.37. The summed E-state index contributed by atoms with van der Waals surface area (Å²) >= 11 is 0. The normalized spacial score (nSPS) is 20.0. The number of carbonyl (C=O) groups excluding carboxylic acids is 1. The van der Waals surface area contributed by atoms with E-state index in [0.717, 1.165) is 57.0 Å². The van der Waals surface area contributed by atoms with Crippen molar-refractivity contribution in [1.29, 1.82) is 0 Å². The van der Waals surface area contributed by atoms with E-state index < -0.39 is 5.54 Å². The minimum absolute atomic E-state index is 0.0591. The number of carbonyl (C=O) groups is 1. The highest BCUT2D eigenvalue weighted by molar-refractivity contribution is 5.88. The van der Waals surface area contributed by atoms with Gasteiger partial charge in [-0.3, -0.25) is 9.69 Å². The first-order valence-corrected chi connectivity index (χ1v) is 8.25. The molecule has 1 heterocycles. The lowest BCUT2D eigenvalue weighted by atomic mass is 10.2. The minimum Gasteiger partial charge on any atom is -0.492 e. The Kier molecular flexibility index (Phi) is 5.15. The molecule has 6 nitrogen and oxygen atoms in total. The lowest BCUT2D eigenvalue weighted by Crippen LogP contribution is -2.42. The van der Waals surface area contributed by atoms with Crippen molar-refractivity contribution in [2.45, 2.75) is 24.9 Å². The maximum Gasteiger partial charge on any atom is 0.240 e. The van der Waals surface area contributed by atoms with Crippen molar-refractivity contribution in [2.75, 3.05) is 39.5 Å². The molecule has 0 radical (unpaired) electrons. The third-order valence-electron chi connectivity index (χ3n) is 4.37. The summed E-state index contributed by atoms with van der Waals surface area (Å²) in [5.41, 5.74) is 6.27. The number of nitrogens with one attached hydrogen (secondary N) is 1. The van der Waals surface area contributed by atoms with Gasteiger partial charge in [0.25, 0.3) is 0 Å². The smallest absolute Gasteiger partial charge is 0.240 e. The van der Waals surface area contributed by atoms with E-state index in [9.17, 15) is 4.79 Å². The predicted molar refractivity (Wildman–Crippen MR) is 87.2 cm³/mol. The molecule has 1 saturated heterocycles. The van der Waals surface area contributed by atoms with Crippen molar-refractivity contribution >= 4 is 5.91 Å². The van der Waals surface area contributed by atoms with E-state index in [0.29, 0.717) is 13.2 Å². The van der Waals surface area contributed by atoms with Crippen LogP contribution in [-0.2, 0) is 16.1 Å². The lowest BCUT2D eigenvalue weighted by molar-refractivity contribution is -0.123. The quantitative estimate of drug-likeness (QED) is 0.765. The van der Waals surface area contributed by atoms with Crippen LogP contribution in [0.2, 0.25) is 0 Å². The number of nitrogens with two attached hydrogens (primary N) is 1. The van der Waals surface area contributed by atoms with Crippen LogP contribution >= 0.6 is 0 Å². The molecule has 3 N–H and O–H groups in total. The Morgan fingerprint density at radius 1 is 1.35 bits per heavy atom. The SMILES string of the molecule is NC1(C(=O)NCc2cccc(OCCN3CCOCC3)c2)CC1. The fourth-order valence-electron chi connectivity index (χ4n) is 2.58. The van der Waals surface area contributed by atoms with E-state index >= 15 is 0 Å². The van der Waals surface area contributed by atoms with Gasteiger partial charge in [0.2, 0.25) is 5.91 Å². The van der Waals surface area contributed by atoms with Crippen molar-refractivity contribution in [2.24, 2.45) is 5.73 Å². The number of ether oxygens (including phenoxy) is 2. The second kappa shape index (κ2) is 7.29. The van der Waals surface area contributed by atoms with Gasteiger partial charge in [-0.1, -0.05) is 12.1 Å². The Morgan fingerprint density at radius 2 is 2.13 bits per heavy atom.